The highest BCUT2D eigenvalue weighted by Gasteiger charge is 2.16. The van der Waals surface area contributed by atoms with Crippen molar-refractivity contribution < 1.29 is 4.52 Å². The molecular formula is C20H19N5O. The number of nitrogens with zero attached hydrogens (tertiary/aromatic N) is 5. The Kier molecular flexibility index (Phi) is 4.08. The molecule has 0 fully saturated rings. The van der Waals surface area contributed by atoms with Gasteiger partial charge in [-0.25, -0.2) is 9.67 Å². The summed E-state index contributed by atoms with van der Waals surface area (Å²) in [4.78, 5) is 8.91. The van der Waals surface area contributed by atoms with Gasteiger partial charge in [0.05, 0.1) is 6.54 Å². The summed E-state index contributed by atoms with van der Waals surface area (Å²) in [6, 6.07) is 16.4. The Morgan fingerprint density at radius 2 is 1.46 bits per heavy atom. The standard InChI is InChI=1S/C20H19N5O/c1-13-4-8-16(9-5-13)12-25-15(3)21-19(23-25)20-22-18(24-26-20)17-10-6-14(2)7-11-17/h4-11H,12H2,1-3H3. The maximum atomic E-state index is 5.37. The van der Waals surface area contributed by atoms with Crippen LogP contribution in [0.15, 0.2) is 53.1 Å². The first kappa shape index (κ1) is 16.2. The molecule has 2 aromatic carbocycles. The molecule has 0 unspecified atom stereocenters. The molecule has 0 bridgehead atoms. The minimum Gasteiger partial charge on any atom is -0.330 e. The van der Waals surface area contributed by atoms with Gasteiger partial charge in [-0.1, -0.05) is 64.8 Å². The molecule has 0 saturated heterocycles. The second-order valence-corrected chi connectivity index (χ2v) is 6.42. The van der Waals surface area contributed by atoms with Crippen molar-refractivity contribution >= 4 is 0 Å². The molecule has 0 radical (unpaired) electrons. The van der Waals surface area contributed by atoms with Gasteiger partial charge in [0.1, 0.15) is 5.82 Å². The molecule has 2 aromatic heterocycles. The van der Waals surface area contributed by atoms with Crippen LogP contribution in [0.3, 0.4) is 0 Å². The van der Waals surface area contributed by atoms with Crippen molar-refractivity contribution in [1.82, 2.24) is 24.9 Å². The summed E-state index contributed by atoms with van der Waals surface area (Å²) in [7, 11) is 0. The zero-order chi connectivity index (χ0) is 18.1. The molecule has 130 valence electrons. The van der Waals surface area contributed by atoms with Crippen molar-refractivity contribution in [3.63, 3.8) is 0 Å². The lowest BCUT2D eigenvalue weighted by molar-refractivity contribution is 0.429. The topological polar surface area (TPSA) is 69.6 Å². The molecule has 6 nitrogen and oxygen atoms in total. The van der Waals surface area contributed by atoms with E-state index in [4.69, 9.17) is 4.52 Å². The summed E-state index contributed by atoms with van der Waals surface area (Å²) < 4.78 is 7.21. The first-order valence-corrected chi connectivity index (χ1v) is 8.46. The average Bonchev–Trinajstić information content (AvgIpc) is 3.25. The predicted octanol–water partition coefficient (Wildman–Crippen LogP) is 3.97. The van der Waals surface area contributed by atoms with Crippen LogP contribution in [-0.2, 0) is 6.54 Å². The number of rotatable bonds is 4. The van der Waals surface area contributed by atoms with Crippen molar-refractivity contribution in [2.75, 3.05) is 0 Å². The second-order valence-electron chi connectivity index (χ2n) is 6.42. The number of aromatic nitrogens is 5. The van der Waals surface area contributed by atoms with Crippen molar-refractivity contribution in [1.29, 1.82) is 0 Å². The van der Waals surface area contributed by atoms with Crippen LogP contribution in [0, 0.1) is 20.8 Å². The highest BCUT2D eigenvalue weighted by atomic mass is 16.5. The lowest BCUT2D eigenvalue weighted by atomic mass is 10.1. The van der Waals surface area contributed by atoms with Crippen molar-refractivity contribution in [2.45, 2.75) is 27.3 Å². The molecule has 4 rings (SSSR count). The molecule has 0 saturated carbocycles. The average molecular weight is 345 g/mol. The first-order valence-electron chi connectivity index (χ1n) is 8.46. The van der Waals surface area contributed by atoms with Gasteiger partial charge in [0.25, 0.3) is 5.89 Å². The number of benzene rings is 2. The Morgan fingerprint density at radius 3 is 2.15 bits per heavy atom. The minimum absolute atomic E-state index is 0.325. The molecule has 0 N–H and O–H groups in total. The monoisotopic (exact) mass is 345 g/mol. The number of aryl methyl sites for hydroxylation is 3. The van der Waals surface area contributed by atoms with E-state index < -0.39 is 0 Å². The molecular weight excluding hydrogens is 326 g/mol. The molecule has 6 heteroatoms. The van der Waals surface area contributed by atoms with Crippen molar-refractivity contribution in [3.05, 3.63) is 71.0 Å². The second kappa shape index (κ2) is 6.55. The molecule has 0 atom stereocenters. The van der Waals surface area contributed by atoms with Crippen LogP contribution in [0.5, 0.6) is 0 Å². The Morgan fingerprint density at radius 1 is 0.808 bits per heavy atom. The molecule has 26 heavy (non-hydrogen) atoms. The Hall–Kier alpha value is -3.28. The van der Waals surface area contributed by atoms with Gasteiger partial charge in [-0.05, 0) is 26.3 Å². The van der Waals surface area contributed by atoms with Gasteiger partial charge in [-0.2, -0.15) is 4.98 Å². The quantitative estimate of drug-likeness (QED) is 0.560. The van der Waals surface area contributed by atoms with E-state index in [1.54, 1.807) is 0 Å². The summed E-state index contributed by atoms with van der Waals surface area (Å²) in [5.41, 5.74) is 4.49. The summed E-state index contributed by atoms with van der Waals surface area (Å²) in [5.74, 6) is 2.11. The minimum atomic E-state index is 0.325. The fourth-order valence-corrected chi connectivity index (χ4v) is 2.66. The van der Waals surface area contributed by atoms with E-state index in [1.165, 1.54) is 16.7 Å². The molecule has 0 aliphatic heterocycles. The van der Waals surface area contributed by atoms with E-state index >= 15 is 0 Å². The van der Waals surface area contributed by atoms with Crippen LogP contribution < -0.4 is 0 Å². The highest BCUT2D eigenvalue weighted by Crippen LogP contribution is 2.21. The van der Waals surface area contributed by atoms with Crippen LogP contribution in [0.25, 0.3) is 23.1 Å². The summed E-state index contributed by atoms with van der Waals surface area (Å²) in [6.45, 7) is 6.68. The van der Waals surface area contributed by atoms with Gasteiger partial charge >= 0.3 is 0 Å². The van der Waals surface area contributed by atoms with Gasteiger partial charge in [-0.15, -0.1) is 5.10 Å². The van der Waals surface area contributed by atoms with Gasteiger partial charge in [0, 0.05) is 5.56 Å². The Bertz CT molecular complexity index is 1030. The summed E-state index contributed by atoms with van der Waals surface area (Å²) in [6.07, 6.45) is 0. The maximum absolute atomic E-state index is 5.37. The van der Waals surface area contributed by atoms with Gasteiger partial charge in [0.2, 0.25) is 11.6 Å². The van der Waals surface area contributed by atoms with Gasteiger partial charge < -0.3 is 4.52 Å². The number of hydrogen-bond acceptors (Lipinski definition) is 5. The molecule has 4 aromatic rings. The van der Waals surface area contributed by atoms with E-state index in [0.717, 1.165) is 11.4 Å². The van der Waals surface area contributed by atoms with E-state index in [0.29, 0.717) is 24.1 Å². The lowest BCUT2D eigenvalue weighted by Crippen LogP contribution is -2.04. The van der Waals surface area contributed by atoms with Crippen LogP contribution in [0.4, 0.5) is 0 Å². The molecule has 0 aliphatic carbocycles. The van der Waals surface area contributed by atoms with Crippen LogP contribution >= 0.6 is 0 Å². The van der Waals surface area contributed by atoms with Crippen LogP contribution in [-0.4, -0.2) is 24.9 Å². The third-order valence-electron chi connectivity index (χ3n) is 4.24. The SMILES string of the molecule is Cc1ccc(Cn2nc(-c3nc(-c4ccc(C)cc4)no3)nc2C)cc1. The summed E-state index contributed by atoms with van der Waals surface area (Å²) >= 11 is 0. The van der Waals surface area contributed by atoms with Gasteiger partial charge in [-0.3, -0.25) is 0 Å². The van der Waals surface area contributed by atoms with Crippen molar-refractivity contribution in [3.8, 4) is 23.1 Å². The highest BCUT2D eigenvalue weighted by molar-refractivity contribution is 5.57. The number of hydrogen-bond donors (Lipinski definition) is 0. The summed E-state index contributed by atoms with van der Waals surface area (Å²) in [5, 5.41) is 8.58. The largest absolute Gasteiger partial charge is 0.330 e. The molecule has 0 amide bonds. The molecule has 0 spiro atoms. The van der Waals surface area contributed by atoms with E-state index in [2.05, 4.69) is 51.4 Å². The fourth-order valence-electron chi connectivity index (χ4n) is 2.66. The lowest BCUT2D eigenvalue weighted by Gasteiger charge is -2.03. The third-order valence-corrected chi connectivity index (χ3v) is 4.24. The smallest absolute Gasteiger partial charge is 0.297 e. The Balaban J connectivity index is 1.59. The van der Waals surface area contributed by atoms with E-state index in [1.807, 2.05) is 42.8 Å². The van der Waals surface area contributed by atoms with Crippen LogP contribution in [0.2, 0.25) is 0 Å². The third kappa shape index (κ3) is 3.26. The van der Waals surface area contributed by atoms with Gasteiger partial charge in [0.15, 0.2) is 0 Å². The van der Waals surface area contributed by atoms with Crippen LogP contribution in [0.1, 0.15) is 22.5 Å². The van der Waals surface area contributed by atoms with E-state index in [9.17, 15) is 0 Å². The van der Waals surface area contributed by atoms with E-state index in [-0.39, 0.29) is 0 Å². The fraction of sp³-hybridized carbons (Fsp3) is 0.200. The maximum Gasteiger partial charge on any atom is 0.297 e. The van der Waals surface area contributed by atoms with Crippen molar-refractivity contribution in [2.24, 2.45) is 0 Å². The predicted molar refractivity (Wildman–Crippen MR) is 98.5 cm³/mol. The first-order chi connectivity index (χ1) is 12.6. The zero-order valence-corrected chi connectivity index (χ0v) is 15.0. The Labute approximate surface area is 151 Å². The molecule has 2 heterocycles. The zero-order valence-electron chi connectivity index (χ0n) is 15.0. The molecule has 0 aliphatic rings. The normalized spacial score (nSPS) is 11.0.